The van der Waals surface area contributed by atoms with Gasteiger partial charge in [-0.15, -0.1) is 0 Å². The molecule has 0 saturated heterocycles. The monoisotopic (exact) mass is 296 g/mol. The molecule has 0 heterocycles. The zero-order valence-electron chi connectivity index (χ0n) is 10.2. The standard InChI is InChI=1S/C10H12BF3O4S/c1-6-3-7(2)9(4-8(6)18-11(15)16)19(17)5-10(12,13)14/h3-4,15-16H,5H2,1-2H3. The van der Waals surface area contributed by atoms with Crippen LogP contribution in [0.4, 0.5) is 13.2 Å². The van der Waals surface area contributed by atoms with Crippen LogP contribution >= 0.6 is 0 Å². The molecular formula is C10H12BF3O4S. The van der Waals surface area contributed by atoms with Crippen molar-refractivity contribution in [2.24, 2.45) is 0 Å². The van der Waals surface area contributed by atoms with Gasteiger partial charge in [-0.2, -0.15) is 13.2 Å². The molecule has 19 heavy (non-hydrogen) atoms. The van der Waals surface area contributed by atoms with E-state index >= 15 is 0 Å². The predicted molar refractivity (Wildman–Crippen MR) is 64.1 cm³/mol. The summed E-state index contributed by atoms with van der Waals surface area (Å²) in [6, 6.07) is 2.60. The third-order valence-corrected chi connectivity index (χ3v) is 3.76. The van der Waals surface area contributed by atoms with Gasteiger partial charge in [-0.3, -0.25) is 4.21 Å². The highest BCUT2D eigenvalue weighted by molar-refractivity contribution is 7.85. The minimum atomic E-state index is -4.54. The Morgan fingerprint density at radius 1 is 1.26 bits per heavy atom. The molecule has 1 atom stereocenters. The molecule has 1 aromatic carbocycles. The number of hydrogen-bond donors (Lipinski definition) is 2. The van der Waals surface area contributed by atoms with Crippen molar-refractivity contribution in [2.45, 2.75) is 24.9 Å². The van der Waals surface area contributed by atoms with Gasteiger partial charge in [0.25, 0.3) is 0 Å². The lowest BCUT2D eigenvalue weighted by Crippen LogP contribution is -2.22. The van der Waals surface area contributed by atoms with Gasteiger partial charge >= 0.3 is 13.5 Å². The largest absolute Gasteiger partial charge is 0.707 e. The van der Waals surface area contributed by atoms with Crippen LogP contribution in [0, 0.1) is 13.8 Å². The average Bonchev–Trinajstić information content (AvgIpc) is 2.18. The number of rotatable bonds is 4. The van der Waals surface area contributed by atoms with E-state index in [1.54, 1.807) is 6.92 Å². The Labute approximate surface area is 110 Å². The van der Waals surface area contributed by atoms with Crippen LogP contribution in [-0.2, 0) is 10.8 Å². The van der Waals surface area contributed by atoms with Gasteiger partial charge in [0.05, 0.1) is 10.8 Å². The van der Waals surface area contributed by atoms with E-state index in [0.717, 1.165) is 6.07 Å². The number of hydrogen-bond acceptors (Lipinski definition) is 4. The Morgan fingerprint density at radius 2 is 1.84 bits per heavy atom. The fraction of sp³-hybridized carbons (Fsp3) is 0.400. The van der Waals surface area contributed by atoms with Crippen LogP contribution in [0.2, 0.25) is 0 Å². The number of alkyl halides is 3. The van der Waals surface area contributed by atoms with Crippen LogP contribution < -0.4 is 4.65 Å². The summed E-state index contributed by atoms with van der Waals surface area (Å²) in [6.07, 6.45) is -4.54. The van der Waals surface area contributed by atoms with Crippen molar-refractivity contribution in [2.75, 3.05) is 5.75 Å². The molecule has 1 unspecified atom stereocenters. The van der Waals surface area contributed by atoms with E-state index in [1.165, 1.54) is 13.0 Å². The first-order chi connectivity index (χ1) is 8.60. The third-order valence-electron chi connectivity index (χ3n) is 2.24. The van der Waals surface area contributed by atoms with Crippen molar-refractivity contribution >= 4 is 18.1 Å². The summed E-state index contributed by atoms with van der Waals surface area (Å²) in [5, 5.41) is 17.4. The smallest absolute Gasteiger partial charge is 0.512 e. The molecule has 0 bridgehead atoms. The molecule has 0 spiro atoms. The summed E-state index contributed by atoms with van der Waals surface area (Å²) in [5.74, 6) is -1.48. The molecule has 2 N–H and O–H groups in total. The maximum absolute atomic E-state index is 12.2. The molecule has 4 nitrogen and oxygen atoms in total. The van der Waals surface area contributed by atoms with Crippen molar-refractivity contribution < 1.29 is 32.1 Å². The quantitative estimate of drug-likeness (QED) is 0.822. The molecule has 0 aliphatic carbocycles. The summed E-state index contributed by atoms with van der Waals surface area (Å²) in [4.78, 5) is -0.0430. The van der Waals surface area contributed by atoms with Gasteiger partial charge in [-0.1, -0.05) is 6.07 Å². The number of halogens is 3. The molecular weight excluding hydrogens is 284 g/mol. The van der Waals surface area contributed by atoms with Crippen molar-refractivity contribution in [1.82, 2.24) is 0 Å². The molecule has 0 aromatic heterocycles. The number of benzene rings is 1. The molecule has 0 saturated carbocycles. The number of aryl methyl sites for hydroxylation is 2. The molecule has 0 aliphatic heterocycles. The van der Waals surface area contributed by atoms with Crippen molar-refractivity contribution in [3.63, 3.8) is 0 Å². The minimum Gasteiger partial charge on any atom is -0.512 e. The van der Waals surface area contributed by atoms with E-state index in [-0.39, 0.29) is 10.6 Å². The second-order valence-electron chi connectivity index (χ2n) is 3.93. The van der Waals surface area contributed by atoms with Crippen LogP contribution in [0.1, 0.15) is 11.1 Å². The molecule has 0 fully saturated rings. The first-order valence-corrected chi connectivity index (χ1v) is 6.51. The summed E-state index contributed by atoms with van der Waals surface area (Å²) < 4.78 is 52.9. The molecule has 0 amide bonds. The SMILES string of the molecule is Cc1cc(C)c(S(=O)CC(F)(F)F)cc1OB(O)O. The summed E-state index contributed by atoms with van der Waals surface area (Å²) in [6.45, 7) is 3.11. The summed E-state index contributed by atoms with van der Waals surface area (Å²) in [5.41, 5.74) is 0.915. The van der Waals surface area contributed by atoms with Gasteiger partial charge in [-0.05, 0) is 31.0 Å². The molecule has 1 rings (SSSR count). The Kier molecular flexibility index (Phi) is 5.00. The van der Waals surface area contributed by atoms with Gasteiger partial charge in [0.1, 0.15) is 11.5 Å². The highest BCUT2D eigenvalue weighted by atomic mass is 32.2. The molecule has 0 radical (unpaired) electrons. The molecule has 0 aliphatic rings. The minimum absolute atomic E-state index is 0.0221. The molecule has 106 valence electrons. The topological polar surface area (TPSA) is 66.8 Å². The van der Waals surface area contributed by atoms with Gasteiger partial charge in [-0.25, -0.2) is 0 Å². The normalized spacial score (nSPS) is 13.2. The van der Waals surface area contributed by atoms with E-state index in [0.29, 0.717) is 11.1 Å². The second kappa shape index (κ2) is 5.93. The highest BCUT2D eigenvalue weighted by Gasteiger charge is 2.31. The lowest BCUT2D eigenvalue weighted by Gasteiger charge is -2.14. The highest BCUT2D eigenvalue weighted by Crippen LogP contribution is 2.28. The van der Waals surface area contributed by atoms with E-state index in [9.17, 15) is 17.4 Å². The fourth-order valence-electron chi connectivity index (χ4n) is 1.53. The van der Waals surface area contributed by atoms with Gasteiger partial charge in [0, 0.05) is 4.90 Å². The second-order valence-corrected chi connectivity index (χ2v) is 5.35. The Balaban J connectivity index is 3.10. The van der Waals surface area contributed by atoms with E-state index in [4.69, 9.17) is 10.0 Å². The van der Waals surface area contributed by atoms with Crippen LogP contribution in [0.15, 0.2) is 17.0 Å². The zero-order chi connectivity index (χ0) is 14.8. The van der Waals surface area contributed by atoms with Crippen molar-refractivity contribution in [1.29, 1.82) is 0 Å². The summed E-state index contributed by atoms with van der Waals surface area (Å²) >= 11 is 0. The lowest BCUT2D eigenvalue weighted by atomic mass is 10.1. The van der Waals surface area contributed by atoms with Gasteiger partial charge in [0.15, 0.2) is 0 Å². The lowest BCUT2D eigenvalue weighted by molar-refractivity contribution is -0.105. The van der Waals surface area contributed by atoms with Crippen LogP contribution in [0.3, 0.4) is 0 Å². The van der Waals surface area contributed by atoms with Crippen molar-refractivity contribution in [3.05, 3.63) is 23.3 Å². The third kappa shape index (κ3) is 4.85. The first kappa shape index (κ1) is 16.0. The predicted octanol–water partition coefficient (Wildman–Crippen LogP) is 1.32. The maximum Gasteiger partial charge on any atom is 0.707 e. The van der Waals surface area contributed by atoms with E-state index in [1.807, 2.05) is 0 Å². The van der Waals surface area contributed by atoms with Crippen LogP contribution in [0.5, 0.6) is 5.75 Å². The molecule has 9 heteroatoms. The summed E-state index contributed by atoms with van der Waals surface area (Å²) in [7, 11) is -4.36. The van der Waals surface area contributed by atoms with Crippen molar-refractivity contribution in [3.8, 4) is 5.75 Å². The Hall–Kier alpha value is -1.06. The van der Waals surface area contributed by atoms with Gasteiger partial charge in [0.2, 0.25) is 0 Å². The molecule has 1 aromatic rings. The Bertz CT molecular complexity index is 490. The fourth-order valence-corrected chi connectivity index (χ4v) is 2.64. The average molecular weight is 296 g/mol. The maximum atomic E-state index is 12.2. The Morgan fingerprint density at radius 3 is 2.32 bits per heavy atom. The zero-order valence-corrected chi connectivity index (χ0v) is 11.0. The van der Waals surface area contributed by atoms with E-state index in [2.05, 4.69) is 4.65 Å². The van der Waals surface area contributed by atoms with Crippen LogP contribution in [0.25, 0.3) is 0 Å². The van der Waals surface area contributed by atoms with Crippen LogP contribution in [-0.4, -0.2) is 33.5 Å². The van der Waals surface area contributed by atoms with Gasteiger partial charge < -0.3 is 14.7 Å². The first-order valence-electron chi connectivity index (χ1n) is 5.19. The van der Waals surface area contributed by atoms with E-state index < -0.39 is 30.0 Å².